The number of ketones is 1. The Morgan fingerprint density at radius 3 is 2.25 bits per heavy atom. The number of halogens is 5. The SMILES string of the molecule is CC[C@@H](Nc1cc(F)c(C(=O)N[C@@H](Cc2ccc(-c3c(C)n(C)c(=O)n(C)c3=O)c3nccn23)C(C)=O)c(F)c1)C(F)(F)F. The second-order valence-electron chi connectivity index (χ2n) is 10.3. The van der Waals surface area contributed by atoms with Crippen molar-refractivity contribution in [3.8, 4) is 11.1 Å². The van der Waals surface area contributed by atoms with Crippen LogP contribution in [0.2, 0.25) is 0 Å². The lowest BCUT2D eigenvalue weighted by molar-refractivity contribution is -0.142. The highest BCUT2D eigenvalue weighted by molar-refractivity contribution is 5.98. The van der Waals surface area contributed by atoms with Crippen LogP contribution in [0.15, 0.2) is 46.2 Å². The van der Waals surface area contributed by atoms with Gasteiger partial charge in [0.1, 0.15) is 28.9 Å². The van der Waals surface area contributed by atoms with Gasteiger partial charge in [-0.3, -0.25) is 19.0 Å². The molecule has 3 heterocycles. The van der Waals surface area contributed by atoms with Gasteiger partial charge in [0.05, 0.1) is 11.6 Å². The number of alkyl halides is 3. The van der Waals surface area contributed by atoms with Crippen LogP contribution in [-0.2, 0) is 25.3 Å². The van der Waals surface area contributed by atoms with Crippen molar-refractivity contribution in [1.82, 2.24) is 23.8 Å². The quantitative estimate of drug-likeness (QED) is 0.276. The van der Waals surface area contributed by atoms with Crippen LogP contribution in [0.3, 0.4) is 0 Å². The Labute approximate surface area is 247 Å². The summed E-state index contributed by atoms with van der Waals surface area (Å²) in [7, 11) is 2.88. The minimum absolute atomic E-state index is 0.148. The van der Waals surface area contributed by atoms with Gasteiger partial charge in [0.2, 0.25) is 0 Å². The molecule has 0 spiro atoms. The molecular formula is C29H29F5N6O4. The third kappa shape index (κ3) is 5.98. The zero-order valence-electron chi connectivity index (χ0n) is 24.3. The van der Waals surface area contributed by atoms with Gasteiger partial charge < -0.3 is 19.6 Å². The Hall–Kier alpha value is -4.82. The molecule has 0 saturated heterocycles. The van der Waals surface area contributed by atoms with Crippen LogP contribution in [0.4, 0.5) is 27.6 Å². The van der Waals surface area contributed by atoms with E-state index >= 15 is 0 Å². The molecule has 0 radical (unpaired) electrons. The van der Waals surface area contributed by atoms with Crippen LogP contribution in [0.1, 0.15) is 42.0 Å². The molecule has 0 aliphatic rings. The number of imidazole rings is 1. The van der Waals surface area contributed by atoms with Gasteiger partial charge in [-0.1, -0.05) is 6.92 Å². The predicted molar refractivity (Wildman–Crippen MR) is 152 cm³/mol. The maximum absolute atomic E-state index is 14.8. The summed E-state index contributed by atoms with van der Waals surface area (Å²) in [4.78, 5) is 55.2. The van der Waals surface area contributed by atoms with Gasteiger partial charge in [-0.25, -0.2) is 18.6 Å². The molecule has 15 heteroatoms. The van der Waals surface area contributed by atoms with Crippen molar-refractivity contribution in [1.29, 1.82) is 0 Å². The van der Waals surface area contributed by atoms with Crippen molar-refractivity contribution >= 4 is 23.0 Å². The van der Waals surface area contributed by atoms with Gasteiger partial charge in [0.15, 0.2) is 5.78 Å². The average molecular weight is 621 g/mol. The highest BCUT2D eigenvalue weighted by Crippen LogP contribution is 2.28. The molecule has 4 aromatic rings. The number of nitrogens with zero attached hydrogens (tertiary/aromatic N) is 4. The Balaban J connectivity index is 1.65. The first-order valence-corrected chi connectivity index (χ1v) is 13.4. The molecule has 3 aromatic heterocycles. The second kappa shape index (κ2) is 12.1. The summed E-state index contributed by atoms with van der Waals surface area (Å²) in [6, 6.07) is 0.999. The van der Waals surface area contributed by atoms with Gasteiger partial charge in [-0.05, 0) is 44.5 Å². The van der Waals surface area contributed by atoms with Gasteiger partial charge in [0.25, 0.3) is 11.5 Å². The highest BCUT2D eigenvalue weighted by Gasteiger charge is 2.38. The molecular weight excluding hydrogens is 591 g/mol. The molecule has 44 heavy (non-hydrogen) atoms. The van der Waals surface area contributed by atoms with E-state index in [1.807, 2.05) is 5.32 Å². The third-order valence-electron chi connectivity index (χ3n) is 7.48. The van der Waals surface area contributed by atoms with E-state index in [2.05, 4.69) is 10.3 Å². The first-order chi connectivity index (χ1) is 20.6. The number of pyridine rings is 1. The molecule has 1 amide bonds. The third-order valence-corrected chi connectivity index (χ3v) is 7.48. The molecule has 0 unspecified atom stereocenters. The minimum Gasteiger partial charge on any atom is -0.374 e. The number of anilines is 1. The van der Waals surface area contributed by atoms with Crippen molar-refractivity contribution < 1.29 is 31.5 Å². The number of carbonyl (C=O) groups is 2. The Kier molecular flexibility index (Phi) is 8.79. The number of Topliss-reactive ketones (excluding diaryl/α,β-unsaturated/α-hetero) is 1. The minimum atomic E-state index is -4.67. The van der Waals surface area contributed by atoms with E-state index in [0.717, 1.165) is 4.57 Å². The molecule has 234 valence electrons. The van der Waals surface area contributed by atoms with E-state index in [1.165, 1.54) is 38.7 Å². The molecule has 0 bridgehead atoms. The summed E-state index contributed by atoms with van der Waals surface area (Å²) in [5.41, 5.74) is -0.801. The van der Waals surface area contributed by atoms with Crippen LogP contribution in [0, 0.1) is 18.6 Å². The van der Waals surface area contributed by atoms with Crippen LogP contribution < -0.4 is 21.9 Å². The number of amides is 1. The van der Waals surface area contributed by atoms with Crippen LogP contribution in [-0.4, -0.2) is 48.5 Å². The van der Waals surface area contributed by atoms with Crippen molar-refractivity contribution in [2.75, 3.05) is 5.32 Å². The standard InChI is InChI=1S/C29H29F5N6O4/c1-6-22(29(32,33)34)36-16-11-19(30)24(20(31)12-16)26(42)37-21(15(3)41)13-17-7-8-18(25-35-9-10-40(17)25)23-14(2)38(4)28(44)39(5)27(23)43/h7-12,21-22,36H,6,13H2,1-5H3,(H,37,42)/t21-,22+/m0/s1. The number of nitrogens with one attached hydrogen (secondary N) is 2. The second-order valence-corrected chi connectivity index (χ2v) is 10.3. The topological polar surface area (TPSA) is 120 Å². The largest absolute Gasteiger partial charge is 0.408 e. The van der Waals surface area contributed by atoms with Gasteiger partial charge in [-0.2, -0.15) is 13.2 Å². The first kappa shape index (κ1) is 32.1. The fourth-order valence-electron chi connectivity index (χ4n) is 4.91. The van der Waals surface area contributed by atoms with Gasteiger partial charge >= 0.3 is 11.9 Å². The average Bonchev–Trinajstić information content (AvgIpc) is 3.44. The smallest absolute Gasteiger partial charge is 0.374 e. The predicted octanol–water partition coefficient (Wildman–Crippen LogP) is 3.67. The van der Waals surface area contributed by atoms with E-state index in [9.17, 15) is 41.1 Å². The number of aromatic nitrogens is 4. The van der Waals surface area contributed by atoms with Crippen molar-refractivity contribution in [3.63, 3.8) is 0 Å². The van der Waals surface area contributed by atoms with E-state index in [0.29, 0.717) is 34.7 Å². The number of hydrogen-bond acceptors (Lipinski definition) is 6. The summed E-state index contributed by atoms with van der Waals surface area (Å²) in [5, 5.41) is 4.32. The molecule has 0 aliphatic carbocycles. The number of benzene rings is 1. The summed E-state index contributed by atoms with van der Waals surface area (Å²) in [5.74, 6) is -4.66. The summed E-state index contributed by atoms with van der Waals surface area (Å²) in [6.45, 7) is 4.04. The molecule has 2 N–H and O–H groups in total. The fourth-order valence-corrected chi connectivity index (χ4v) is 4.91. The van der Waals surface area contributed by atoms with E-state index < -0.39 is 70.5 Å². The molecule has 0 aliphatic heterocycles. The maximum atomic E-state index is 14.8. The molecule has 0 saturated carbocycles. The van der Waals surface area contributed by atoms with Crippen molar-refractivity contribution in [3.05, 3.63) is 86.1 Å². The molecule has 10 nitrogen and oxygen atoms in total. The zero-order valence-corrected chi connectivity index (χ0v) is 24.3. The lowest BCUT2D eigenvalue weighted by Crippen LogP contribution is -2.42. The summed E-state index contributed by atoms with van der Waals surface area (Å²) < 4.78 is 72.9. The Morgan fingerprint density at radius 1 is 1.05 bits per heavy atom. The van der Waals surface area contributed by atoms with Crippen LogP contribution >= 0.6 is 0 Å². The summed E-state index contributed by atoms with van der Waals surface area (Å²) in [6.07, 6.45) is -2.20. The molecule has 2 atom stereocenters. The maximum Gasteiger partial charge on any atom is 0.408 e. The molecule has 4 rings (SSSR count). The van der Waals surface area contributed by atoms with E-state index in [-0.39, 0.29) is 12.0 Å². The molecule has 1 aromatic carbocycles. The lowest BCUT2D eigenvalue weighted by Gasteiger charge is -2.22. The van der Waals surface area contributed by atoms with Crippen molar-refractivity contribution in [2.45, 2.75) is 51.9 Å². The number of fused-ring (bicyclic) bond motifs is 1. The Bertz CT molecular complexity index is 1870. The van der Waals surface area contributed by atoms with Gasteiger partial charge in [-0.15, -0.1) is 0 Å². The summed E-state index contributed by atoms with van der Waals surface area (Å²) >= 11 is 0. The van der Waals surface area contributed by atoms with Crippen LogP contribution in [0.5, 0.6) is 0 Å². The first-order valence-electron chi connectivity index (χ1n) is 13.4. The normalized spacial score (nSPS) is 13.1. The highest BCUT2D eigenvalue weighted by atomic mass is 19.4. The van der Waals surface area contributed by atoms with Gasteiger partial charge in [0, 0.05) is 55.5 Å². The van der Waals surface area contributed by atoms with E-state index in [4.69, 9.17) is 0 Å². The van der Waals surface area contributed by atoms with Crippen LogP contribution in [0.25, 0.3) is 16.8 Å². The number of rotatable bonds is 9. The molecule has 0 fully saturated rings. The van der Waals surface area contributed by atoms with Crippen molar-refractivity contribution in [2.24, 2.45) is 14.1 Å². The lowest BCUT2D eigenvalue weighted by atomic mass is 10.0. The Morgan fingerprint density at radius 2 is 1.68 bits per heavy atom. The number of hydrogen-bond donors (Lipinski definition) is 2. The number of carbonyl (C=O) groups excluding carboxylic acids is 2. The fraction of sp³-hybridized carbons (Fsp3) is 0.345. The zero-order chi connectivity index (χ0) is 32.7. The van der Waals surface area contributed by atoms with E-state index in [1.54, 1.807) is 29.7 Å². The monoisotopic (exact) mass is 620 g/mol.